The molecule has 140 valence electrons. The second-order valence-electron chi connectivity index (χ2n) is 5.48. The Labute approximate surface area is 153 Å². The molecule has 2 aromatic carbocycles. The summed E-state index contributed by atoms with van der Waals surface area (Å²) >= 11 is 0. The van der Waals surface area contributed by atoms with E-state index in [2.05, 4.69) is 5.92 Å². The Morgan fingerprint density at radius 2 is 1.81 bits per heavy atom. The van der Waals surface area contributed by atoms with E-state index in [-0.39, 0.29) is 11.1 Å². The second-order valence-corrected chi connectivity index (χ2v) is 5.48. The molecule has 27 heavy (non-hydrogen) atoms. The predicted octanol–water partition coefficient (Wildman–Crippen LogP) is 1.69. The number of hydrogen-bond donors (Lipinski definition) is 3. The van der Waals surface area contributed by atoms with Gasteiger partial charge in [-0.15, -0.1) is 0 Å². The van der Waals surface area contributed by atoms with Crippen molar-refractivity contribution in [1.82, 2.24) is 5.32 Å². The fourth-order valence-corrected chi connectivity index (χ4v) is 2.17. The van der Waals surface area contributed by atoms with Gasteiger partial charge in [0.1, 0.15) is 6.04 Å². The van der Waals surface area contributed by atoms with Gasteiger partial charge in [0.2, 0.25) is 5.91 Å². The van der Waals surface area contributed by atoms with Crippen LogP contribution in [0, 0.1) is 11.8 Å². The van der Waals surface area contributed by atoms with Crippen molar-refractivity contribution < 1.29 is 27.9 Å². The van der Waals surface area contributed by atoms with Crippen LogP contribution in [0.5, 0.6) is 0 Å². The highest BCUT2D eigenvalue weighted by atomic mass is 19.4. The third-order valence-electron chi connectivity index (χ3n) is 3.50. The summed E-state index contributed by atoms with van der Waals surface area (Å²) in [4.78, 5) is 22.9. The minimum Gasteiger partial charge on any atom is -0.394 e. The zero-order chi connectivity index (χ0) is 20.0. The molecule has 4 N–H and O–H groups in total. The molecule has 0 radical (unpaired) electrons. The maximum absolute atomic E-state index is 13.4. The van der Waals surface area contributed by atoms with Gasteiger partial charge in [-0.3, -0.25) is 14.9 Å². The Morgan fingerprint density at radius 3 is 2.41 bits per heavy atom. The largest absolute Gasteiger partial charge is 0.417 e. The number of hydrogen-bond acceptors (Lipinski definition) is 4. The van der Waals surface area contributed by atoms with E-state index in [4.69, 9.17) is 10.8 Å². The van der Waals surface area contributed by atoms with E-state index in [0.29, 0.717) is 5.56 Å². The average Bonchev–Trinajstić information content (AvgIpc) is 2.65. The van der Waals surface area contributed by atoms with E-state index >= 15 is 0 Å². The summed E-state index contributed by atoms with van der Waals surface area (Å²) < 4.78 is 40.2. The van der Waals surface area contributed by atoms with Crippen LogP contribution in [-0.4, -0.2) is 29.6 Å². The van der Waals surface area contributed by atoms with Crippen LogP contribution in [0.2, 0.25) is 0 Å². The lowest BCUT2D eigenvalue weighted by molar-refractivity contribution is -0.137. The molecule has 0 saturated carbocycles. The molecule has 0 fully saturated rings. The van der Waals surface area contributed by atoms with Gasteiger partial charge in [0, 0.05) is 11.5 Å². The molecule has 0 heterocycles. The number of aliphatic hydroxyl groups is 1. The maximum atomic E-state index is 13.4. The first-order chi connectivity index (χ1) is 12.7. The summed E-state index contributed by atoms with van der Waals surface area (Å²) in [6, 6.07) is 10.2. The van der Waals surface area contributed by atoms with Crippen LogP contribution in [0.3, 0.4) is 0 Å². The van der Waals surface area contributed by atoms with E-state index in [9.17, 15) is 22.8 Å². The van der Waals surface area contributed by atoms with Crippen LogP contribution >= 0.6 is 0 Å². The zero-order valence-corrected chi connectivity index (χ0v) is 13.9. The summed E-state index contributed by atoms with van der Waals surface area (Å²) in [6.45, 7) is -0.664. The van der Waals surface area contributed by atoms with Crippen molar-refractivity contribution in [3.8, 4) is 23.0 Å². The lowest BCUT2D eigenvalue weighted by Crippen LogP contribution is -2.45. The van der Waals surface area contributed by atoms with Crippen molar-refractivity contribution >= 4 is 11.8 Å². The number of aliphatic hydroxyl groups excluding tert-OH is 1. The highest BCUT2D eigenvalue weighted by molar-refractivity contribution is 6.06. The molecule has 0 aliphatic heterocycles. The fourth-order valence-electron chi connectivity index (χ4n) is 2.17. The Bertz CT molecular complexity index is 900. The molecule has 0 saturated heterocycles. The first-order valence-corrected chi connectivity index (χ1v) is 7.72. The fraction of sp³-hybridized carbons (Fsp3) is 0.158. The summed E-state index contributed by atoms with van der Waals surface area (Å²) in [5.74, 6) is 2.33. The van der Waals surface area contributed by atoms with Crippen molar-refractivity contribution in [2.75, 3.05) is 6.61 Å². The molecule has 2 amide bonds. The van der Waals surface area contributed by atoms with Gasteiger partial charge in [-0.05, 0) is 23.3 Å². The van der Waals surface area contributed by atoms with E-state index in [1.165, 1.54) is 12.1 Å². The third-order valence-corrected chi connectivity index (χ3v) is 3.50. The molecule has 0 unspecified atom stereocenters. The van der Waals surface area contributed by atoms with Crippen LogP contribution in [0.4, 0.5) is 13.2 Å². The number of amides is 2. The molecule has 8 heteroatoms. The molecule has 5 nitrogen and oxygen atoms in total. The number of nitrogens with two attached hydrogens (primary N) is 1. The zero-order valence-electron chi connectivity index (χ0n) is 13.9. The van der Waals surface area contributed by atoms with Gasteiger partial charge in [-0.25, -0.2) is 0 Å². The number of imide groups is 1. The minimum atomic E-state index is -4.62. The van der Waals surface area contributed by atoms with Gasteiger partial charge in [0.15, 0.2) is 0 Å². The normalized spacial score (nSPS) is 11.9. The first kappa shape index (κ1) is 20.2. The molecule has 1 atom stereocenters. The highest BCUT2D eigenvalue weighted by Gasteiger charge is 2.33. The van der Waals surface area contributed by atoms with Crippen LogP contribution < -0.4 is 11.1 Å². The molecule has 0 spiro atoms. The molecule has 0 aliphatic carbocycles. The minimum absolute atomic E-state index is 0.0119. The summed E-state index contributed by atoms with van der Waals surface area (Å²) in [7, 11) is 0. The lowest BCUT2D eigenvalue weighted by Gasteiger charge is -2.13. The monoisotopic (exact) mass is 376 g/mol. The number of nitrogens with one attached hydrogen (secondary N) is 1. The van der Waals surface area contributed by atoms with Crippen molar-refractivity contribution in [2.24, 2.45) is 5.73 Å². The second kappa shape index (κ2) is 8.49. The van der Waals surface area contributed by atoms with Crippen molar-refractivity contribution in [1.29, 1.82) is 0 Å². The Kier molecular flexibility index (Phi) is 6.34. The SMILES string of the molecule is N[C@@H](CO)C(=O)NC(=O)C#Cc1ccc(-c2ccccc2)c(C(F)(F)F)c1. The van der Waals surface area contributed by atoms with Crippen LogP contribution in [0.15, 0.2) is 48.5 Å². The molecular weight excluding hydrogens is 361 g/mol. The standard InChI is InChI=1S/C19H15F3N2O3/c20-19(21,22)15-10-12(6-8-14(15)13-4-2-1-3-5-13)7-9-17(26)24-18(27)16(23)11-25/h1-6,8,10,16,25H,11,23H2,(H,24,26,27)/t16-/m0/s1. The van der Waals surface area contributed by atoms with Gasteiger partial charge < -0.3 is 10.8 Å². The van der Waals surface area contributed by atoms with Crippen molar-refractivity contribution in [3.05, 3.63) is 59.7 Å². The molecule has 0 bridgehead atoms. The molecule has 2 aromatic rings. The smallest absolute Gasteiger partial charge is 0.394 e. The molecular formula is C19H15F3N2O3. The maximum Gasteiger partial charge on any atom is 0.417 e. The lowest BCUT2D eigenvalue weighted by atomic mass is 9.97. The topological polar surface area (TPSA) is 92.4 Å². The van der Waals surface area contributed by atoms with Gasteiger partial charge in [0.25, 0.3) is 0 Å². The van der Waals surface area contributed by atoms with E-state index in [0.717, 1.165) is 6.07 Å². The van der Waals surface area contributed by atoms with Gasteiger partial charge >= 0.3 is 12.1 Å². The number of alkyl halides is 3. The van der Waals surface area contributed by atoms with E-state index < -0.39 is 36.2 Å². The number of benzene rings is 2. The quantitative estimate of drug-likeness (QED) is 0.711. The van der Waals surface area contributed by atoms with Crippen molar-refractivity contribution in [2.45, 2.75) is 12.2 Å². The first-order valence-electron chi connectivity index (χ1n) is 7.72. The Morgan fingerprint density at radius 1 is 1.15 bits per heavy atom. The van der Waals surface area contributed by atoms with Gasteiger partial charge in [-0.1, -0.05) is 42.3 Å². The van der Waals surface area contributed by atoms with Gasteiger partial charge in [-0.2, -0.15) is 13.2 Å². The molecule has 0 aromatic heterocycles. The molecule has 0 aliphatic rings. The molecule has 2 rings (SSSR count). The van der Waals surface area contributed by atoms with Crippen LogP contribution in [0.1, 0.15) is 11.1 Å². The van der Waals surface area contributed by atoms with Crippen molar-refractivity contribution in [3.63, 3.8) is 0 Å². The highest BCUT2D eigenvalue weighted by Crippen LogP contribution is 2.37. The number of carbonyl (C=O) groups is 2. The predicted molar refractivity (Wildman–Crippen MR) is 92.0 cm³/mol. The van der Waals surface area contributed by atoms with Crippen LogP contribution in [-0.2, 0) is 15.8 Å². The number of halogens is 3. The number of rotatable bonds is 3. The van der Waals surface area contributed by atoms with E-state index in [1.54, 1.807) is 30.3 Å². The van der Waals surface area contributed by atoms with Crippen LogP contribution in [0.25, 0.3) is 11.1 Å². The Hall–Kier alpha value is -3.15. The average molecular weight is 376 g/mol. The third kappa shape index (κ3) is 5.41. The van der Waals surface area contributed by atoms with E-state index in [1.807, 2.05) is 11.2 Å². The van der Waals surface area contributed by atoms with Gasteiger partial charge in [0.05, 0.1) is 12.2 Å². The summed E-state index contributed by atoms with van der Waals surface area (Å²) in [5.41, 5.74) is 4.67. The number of carbonyl (C=O) groups excluding carboxylic acids is 2. The summed E-state index contributed by atoms with van der Waals surface area (Å²) in [5, 5.41) is 10.5. The Balaban J connectivity index is 2.31. The summed E-state index contributed by atoms with van der Waals surface area (Å²) in [6.07, 6.45) is -4.62.